The van der Waals surface area contributed by atoms with Crippen LogP contribution in [-0.2, 0) is 4.79 Å². The van der Waals surface area contributed by atoms with Gasteiger partial charge in [-0.15, -0.1) is 0 Å². The lowest BCUT2D eigenvalue weighted by Gasteiger charge is -2.06. The van der Waals surface area contributed by atoms with Gasteiger partial charge in [-0.1, -0.05) is 0 Å². The van der Waals surface area contributed by atoms with Crippen molar-refractivity contribution in [1.82, 2.24) is 0 Å². The number of rotatable bonds is 7. The van der Waals surface area contributed by atoms with E-state index in [9.17, 15) is 14.4 Å². The van der Waals surface area contributed by atoms with Crippen LogP contribution in [0.3, 0.4) is 0 Å². The lowest BCUT2D eigenvalue weighted by Crippen LogP contribution is -2.16. The van der Waals surface area contributed by atoms with Crippen LogP contribution in [0.5, 0.6) is 0 Å². The first kappa shape index (κ1) is 19.8. The first-order chi connectivity index (χ1) is 13.4. The maximum Gasteiger partial charge on any atom is 0.335 e. The van der Waals surface area contributed by atoms with Crippen LogP contribution < -0.4 is 10.7 Å². The third-order valence-corrected chi connectivity index (χ3v) is 3.45. The number of hydrogen-bond acceptors (Lipinski definition) is 7. The van der Waals surface area contributed by atoms with Crippen LogP contribution in [0.4, 0.5) is 11.4 Å². The minimum atomic E-state index is -1.08. The number of carboxylic acid groups (broad SMARTS) is 1. The van der Waals surface area contributed by atoms with E-state index >= 15 is 0 Å². The number of hydrogen-bond donors (Lipinski definition) is 3. The molecule has 138 valence electrons. The molecule has 0 heterocycles. The molecule has 0 unspecified atom stereocenters. The Labute approximate surface area is 159 Å². The second-order valence-corrected chi connectivity index (χ2v) is 5.40. The van der Waals surface area contributed by atoms with Gasteiger partial charge in [0.2, 0.25) is 11.6 Å². The van der Waals surface area contributed by atoms with E-state index in [0.717, 1.165) is 0 Å². The molecule has 2 rings (SSSR count). The molecule has 9 nitrogen and oxygen atoms in total. The smallest absolute Gasteiger partial charge is 0.335 e. The Morgan fingerprint density at radius 2 is 1.43 bits per heavy atom. The van der Waals surface area contributed by atoms with Gasteiger partial charge >= 0.3 is 5.97 Å². The summed E-state index contributed by atoms with van der Waals surface area (Å²) >= 11 is 0. The first-order valence-electron chi connectivity index (χ1n) is 7.83. The molecule has 0 bridgehead atoms. The highest BCUT2D eigenvalue weighted by Gasteiger charge is 2.12. The zero-order valence-electron chi connectivity index (χ0n) is 14.3. The highest BCUT2D eigenvalue weighted by Crippen LogP contribution is 2.13. The monoisotopic (exact) mass is 375 g/mol. The van der Waals surface area contributed by atoms with Gasteiger partial charge in [0.05, 0.1) is 17.7 Å². The molecular weight excluding hydrogens is 362 g/mol. The molecule has 0 saturated heterocycles. The van der Waals surface area contributed by atoms with Crippen molar-refractivity contribution in [2.45, 2.75) is 6.42 Å². The van der Waals surface area contributed by atoms with Crippen LogP contribution in [0, 0.1) is 22.7 Å². The molecule has 28 heavy (non-hydrogen) atoms. The van der Waals surface area contributed by atoms with Gasteiger partial charge in [0.25, 0.3) is 0 Å². The average molecular weight is 375 g/mol. The van der Waals surface area contributed by atoms with Crippen LogP contribution >= 0.6 is 0 Å². The molecule has 2 aromatic rings. The number of carbonyl (C=O) groups is 3. The fraction of sp³-hybridized carbons (Fsp3) is 0.0526. The Bertz CT molecular complexity index is 996. The van der Waals surface area contributed by atoms with E-state index in [-0.39, 0.29) is 11.3 Å². The third-order valence-electron chi connectivity index (χ3n) is 3.45. The summed E-state index contributed by atoms with van der Waals surface area (Å²) in [5.74, 6) is -2.02. The number of nitrogens with one attached hydrogen (secondary N) is 2. The topological polar surface area (TPSA) is 155 Å². The van der Waals surface area contributed by atoms with E-state index in [4.69, 9.17) is 15.6 Å². The highest BCUT2D eigenvalue weighted by molar-refractivity contribution is 6.11. The molecule has 0 spiro atoms. The molecular formula is C19H13N5O4. The summed E-state index contributed by atoms with van der Waals surface area (Å²) in [5, 5.41) is 32.1. The van der Waals surface area contributed by atoms with Crippen molar-refractivity contribution in [2.24, 2.45) is 5.10 Å². The van der Waals surface area contributed by atoms with Crippen molar-refractivity contribution in [3.63, 3.8) is 0 Å². The lowest BCUT2D eigenvalue weighted by atomic mass is 10.1. The Hall–Kier alpha value is -4.50. The Morgan fingerprint density at radius 1 is 0.893 bits per heavy atom. The number of benzene rings is 2. The standard InChI is InChI=1S/C19H13N5O4/c20-10-16(11-21)24-23-15-7-1-12(2-8-15)17(25)9-18(26)22-14-5-3-13(4-6-14)19(27)28/h1-8,23H,9H2,(H,22,26)(H,27,28). The van der Waals surface area contributed by atoms with Crippen molar-refractivity contribution in [3.8, 4) is 12.1 Å². The molecule has 3 N–H and O–H groups in total. The van der Waals surface area contributed by atoms with Crippen LogP contribution in [0.25, 0.3) is 0 Å². The largest absolute Gasteiger partial charge is 0.478 e. The fourth-order valence-electron chi connectivity index (χ4n) is 2.08. The third kappa shape index (κ3) is 5.51. The normalized spacial score (nSPS) is 9.36. The van der Waals surface area contributed by atoms with Crippen LogP contribution in [0.15, 0.2) is 53.6 Å². The minimum absolute atomic E-state index is 0.0868. The van der Waals surface area contributed by atoms with E-state index in [1.165, 1.54) is 48.5 Å². The molecule has 0 atom stereocenters. The molecule has 0 aliphatic carbocycles. The molecule has 0 fully saturated rings. The summed E-state index contributed by atoms with van der Waals surface area (Å²) in [5.41, 5.74) is 3.40. The summed E-state index contributed by atoms with van der Waals surface area (Å²) in [6.07, 6.45) is -0.390. The van der Waals surface area contributed by atoms with Gasteiger partial charge in [-0.05, 0) is 48.5 Å². The van der Waals surface area contributed by atoms with Crippen molar-refractivity contribution in [2.75, 3.05) is 10.7 Å². The summed E-state index contributed by atoms with van der Waals surface area (Å²) < 4.78 is 0. The number of nitrogens with zero attached hydrogens (tertiary/aromatic N) is 3. The number of ketones is 1. The molecule has 1 amide bonds. The van der Waals surface area contributed by atoms with Gasteiger partial charge in [0, 0.05) is 11.3 Å². The molecule has 0 aliphatic rings. The van der Waals surface area contributed by atoms with Gasteiger partial charge in [-0.3, -0.25) is 15.0 Å². The van der Waals surface area contributed by atoms with Gasteiger partial charge in [0.15, 0.2) is 5.78 Å². The number of anilines is 2. The molecule has 0 aromatic heterocycles. The number of amides is 1. The molecule has 9 heteroatoms. The minimum Gasteiger partial charge on any atom is -0.478 e. The van der Waals surface area contributed by atoms with Gasteiger partial charge in [-0.2, -0.15) is 15.6 Å². The fourth-order valence-corrected chi connectivity index (χ4v) is 2.08. The van der Waals surface area contributed by atoms with Gasteiger partial charge in [-0.25, -0.2) is 4.79 Å². The van der Waals surface area contributed by atoms with E-state index in [1.54, 1.807) is 12.1 Å². The Morgan fingerprint density at radius 3 is 1.96 bits per heavy atom. The molecule has 0 aliphatic heterocycles. The number of carboxylic acids is 1. The second kappa shape index (κ2) is 9.27. The number of nitriles is 2. The molecule has 0 radical (unpaired) electrons. The first-order valence-corrected chi connectivity index (χ1v) is 7.83. The number of Topliss-reactive ketones (excluding diaryl/α,β-unsaturated/α-hetero) is 1. The van der Waals surface area contributed by atoms with Crippen molar-refractivity contribution in [3.05, 3.63) is 59.7 Å². The lowest BCUT2D eigenvalue weighted by molar-refractivity contribution is -0.115. The van der Waals surface area contributed by atoms with E-state index < -0.39 is 24.1 Å². The molecule has 2 aromatic carbocycles. The number of carbonyl (C=O) groups excluding carboxylic acids is 2. The van der Waals surface area contributed by atoms with Crippen molar-refractivity contribution >= 4 is 34.7 Å². The summed E-state index contributed by atoms with van der Waals surface area (Å²) in [7, 11) is 0. The van der Waals surface area contributed by atoms with Gasteiger partial charge < -0.3 is 10.4 Å². The summed E-state index contributed by atoms with van der Waals surface area (Å²) in [6.45, 7) is 0. The number of hydrazone groups is 1. The van der Waals surface area contributed by atoms with E-state index in [1.807, 2.05) is 0 Å². The Balaban J connectivity index is 1.94. The predicted molar refractivity (Wildman–Crippen MR) is 99.7 cm³/mol. The van der Waals surface area contributed by atoms with Crippen LogP contribution in [0.1, 0.15) is 27.1 Å². The maximum absolute atomic E-state index is 12.2. The SMILES string of the molecule is N#CC(C#N)=NNc1ccc(C(=O)CC(=O)Nc2ccc(C(=O)O)cc2)cc1. The maximum atomic E-state index is 12.2. The van der Waals surface area contributed by atoms with Gasteiger partial charge in [0.1, 0.15) is 12.1 Å². The average Bonchev–Trinajstić information content (AvgIpc) is 2.69. The second-order valence-electron chi connectivity index (χ2n) is 5.40. The summed E-state index contributed by atoms with van der Waals surface area (Å²) in [4.78, 5) is 35.0. The number of aromatic carboxylic acids is 1. The predicted octanol–water partition coefficient (Wildman–Crippen LogP) is 2.41. The van der Waals surface area contributed by atoms with Crippen molar-refractivity contribution < 1.29 is 19.5 Å². The zero-order valence-corrected chi connectivity index (χ0v) is 14.3. The van der Waals surface area contributed by atoms with Crippen molar-refractivity contribution in [1.29, 1.82) is 10.5 Å². The van der Waals surface area contributed by atoms with E-state index in [0.29, 0.717) is 16.9 Å². The summed E-state index contributed by atoms with van der Waals surface area (Å²) in [6, 6.07) is 14.8. The molecule has 0 saturated carbocycles. The zero-order chi connectivity index (χ0) is 20.5. The Kier molecular flexibility index (Phi) is 6.56. The van der Waals surface area contributed by atoms with Crippen LogP contribution in [-0.4, -0.2) is 28.5 Å². The quantitative estimate of drug-likeness (QED) is 0.290. The van der Waals surface area contributed by atoms with Crippen LogP contribution in [0.2, 0.25) is 0 Å². The van der Waals surface area contributed by atoms with E-state index in [2.05, 4.69) is 15.8 Å². The highest BCUT2D eigenvalue weighted by atomic mass is 16.4.